The molecule has 1 aromatic carbocycles. The summed E-state index contributed by atoms with van der Waals surface area (Å²) >= 11 is 0. The van der Waals surface area contributed by atoms with Crippen LogP contribution in [-0.4, -0.2) is 30.6 Å². The molecule has 6 nitrogen and oxygen atoms in total. The molecule has 0 aliphatic rings. The van der Waals surface area contributed by atoms with Crippen LogP contribution in [0.3, 0.4) is 0 Å². The van der Waals surface area contributed by atoms with E-state index in [0.29, 0.717) is 11.7 Å². The van der Waals surface area contributed by atoms with E-state index < -0.39 is 10.0 Å². The lowest BCUT2D eigenvalue weighted by molar-refractivity contribution is 0.529. The van der Waals surface area contributed by atoms with Crippen LogP contribution in [0.4, 0.5) is 11.4 Å². The summed E-state index contributed by atoms with van der Waals surface area (Å²) in [5.41, 5.74) is 1.60. The maximum absolute atomic E-state index is 12.5. The van der Waals surface area contributed by atoms with Gasteiger partial charge in [-0.1, -0.05) is 6.92 Å². The van der Waals surface area contributed by atoms with Gasteiger partial charge in [-0.3, -0.25) is 4.72 Å². The molecule has 25 heavy (non-hydrogen) atoms. The standard InChI is InChI=1S/C18H28N4O2S/c1-6-15(5)21-12-18(19-13-21)25(23,24)20-16-8-10-17(11-9-16)22(7-2)14(3)4/h8-15,20H,6-7H2,1-5H3. The van der Waals surface area contributed by atoms with Gasteiger partial charge in [-0.15, -0.1) is 0 Å². The minimum atomic E-state index is -3.68. The first-order valence-corrected chi connectivity index (χ1v) is 10.2. The fraction of sp³-hybridized carbons (Fsp3) is 0.500. The molecule has 0 spiro atoms. The molecule has 0 saturated carbocycles. The van der Waals surface area contributed by atoms with Gasteiger partial charge in [0.2, 0.25) is 0 Å². The highest BCUT2D eigenvalue weighted by Crippen LogP contribution is 2.22. The zero-order valence-corrected chi connectivity index (χ0v) is 16.4. The second kappa shape index (κ2) is 7.91. The summed E-state index contributed by atoms with van der Waals surface area (Å²) in [6.45, 7) is 11.3. The third-order valence-corrected chi connectivity index (χ3v) is 5.63. The number of nitrogens with one attached hydrogen (secondary N) is 1. The summed E-state index contributed by atoms with van der Waals surface area (Å²) in [6, 6.07) is 8.02. The van der Waals surface area contributed by atoms with Gasteiger partial charge in [0.05, 0.1) is 6.33 Å². The summed E-state index contributed by atoms with van der Waals surface area (Å²) in [5.74, 6) is 0. The fourth-order valence-corrected chi connectivity index (χ4v) is 3.68. The monoisotopic (exact) mass is 364 g/mol. The van der Waals surface area contributed by atoms with Crippen LogP contribution in [0.5, 0.6) is 0 Å². The Morgan fingerprint density at radius 2 is 1.80 bits per heavy atom. The average molecular weight is 365 g/mol. The first-order chi connectivity index (χ1) is 11.8. The Bertz CT molecular complexity index is 782. The first kappa shape index (κ1) is 19.3. The highest BCUT2D eigenvalue weighted by Gasteiger charge is 2.19. The van der Waals surface area contributed by atoms with E-state index >= 15 is 0 Å². The largest absolute Gasteiger partial charge is 0.369 e. The maximum atomic E-state index is 12.5. The van der Waals surface area contributed by atoms with Crippen LogP contribution < -0.4 is 9.62 Å². The molecule has 0 aliphatic carbocycles. The molecule has 138 valence electrons. The molecule has 7 heteroatoms. The molecule has 0 fully saturated rings. The summed E-state index contributed by atoms with van der Waals surface area (Å²) in [4.78, 5) is 6.28. The van der Waals surface area contributed by atoms with E-state index in [0.717, 1.165) is 18.7 Å². The van der Waals surface area contributed by atoms with Gasteiger partial charge in [0.25, 0.3) is 10.0 Å². The Hall–Kier alpha value is -2.02. The SMILES string of the molecule is CCC(C)n1cnc(S(=O)(=O)Nc2ccc(N(CC)C(C)C)cc2)c1. The van der Waals surface area contributed by atoms with Gasteiger partial charge < -0.3 is 9.47 Å². The molecule has 0 amide bonds. The number of hydrogen-bond donors (Lipinski definition) is 1. The van der Waals surface area contributed by atoms with Crippen molar-refractivity contribution in [1.29, 1.82) is 0 Å². The van der Waals surface area contributed by atoms with Crippen molar-refractivity contribution in [3.05, 3.63) is 36.8 Å². The van der Waals surface area contributed by atoms with Crippen molar-refractivity contribution in [3.63, 3.8) is 0 Å². The molecule has 1 atom stereocenters. The van der Waals surface area contributed by atoms with Crippen LogP contribution in [0.15, 0.2) is 41.8 Å². The summed E-state index contributed by atoms with van der Waals surface area (Å²) < 4.78 is 29.4. The molecular formula is C18H28N4O2S. The molecule has 1 heterocycles. The molecule has 0 saturated heterocycles. The van der Waals surface area contributed by atoms with Crippen LogP contribution >= 0.6 is 0 Å². The minimum Gasteiger partial charge on any atom is -0.369 e. The zero-order valence-electron chi connectivity index (χ0n) is 15.6. The van der Waals surface area contributed by atoms with Gasteiger partial charge in [-0.05, 0) is 58.4 Å². The van der Waals surface area contributed by atoms with Crippen LogP contribution in [0.25, 0.3) is 0 Å². The number of imidazole rings is 1. The van der Waals surface area contributed by atoms with Gasteiger partial charge in [-0.2, -0.15) is 8.42 Å². The van der Waals surface area contributed by atoms with Crippen molar-refractivity contribution in [2.45, 2.75) is 58.1 Å². The van der Waals surface area contributed by atoms with Crippen LogP contribution in [-0.2, 0) is 10.0 Å². The van der Waals surface area contributed by atoms with Gasteiger partial charge in [0.1, 0.15) is 0 Å². The molecular weight excluding hydrogens is 336 g/mol. The number of rotatable bonds is 8. The molecule has 0 aliphatic heterocycles. The van der Waals surface area contributed by atoms with Gasteiger partial charge >= 0.3 is 0 Å². The van der Waals surface area contributed by atoms with Crippen molar-refractivity contribution in [1.82, 2.24) is 9.55 Å². The first-order valence-electron chi connectivity index (χ1n) is 8.71. The topological polar surface area (TPSA) is 67.2 Å². The molecule has 1 N–H and O–H groups in total. The van der Waals surface area contributed by atoms with E-state index in [4.69, 9.17) is 0 Å². The van der Waals surface area contributed by atoms with Gasteiger partial charge in [-0.25, -0.2) is 4.98 Å². The van der Waals surface area contributed by atoms with Crippen molar-refractivity contribution < 1.29 is 8.42 Å². The second-order valence-corrected chi connectivity index (χ2v) is 8.08. The number of aromatic nitrogens is 2. The highest BCUT2D eigenvalue weighted by molar-refractivity contribution is 7.92. The lowest BCUT2D eigenvalue weighted by Crippen LogP contribution is -2.30. The van der Waals surface area contributed by atoms with Gasteiger partial charge in [0, 0.05) is 36.2 Å². The van der Waals surface area contributed by atoms with Crippen molar-refractivity contribution in [2.24, 2.45) is 0 Å². The maximum Gasteiger partial charge on any atom is 0.280 e. The average Bonchev–Trinajstić information content (AvgIpc) is 3.07. The van der Waals surface area contributed by atoms with Crippen molar-refractivity contribution in [2.75, 3.05) is 16.2 Å². The Morgan fingerprint density at radius 1 is 1.16 bits per heavy atom. The second-order valence-electron chi connectivity index (χ2n) is 6.45. The zero-order chi connectivity index (χ0) is 18.6. The van der Waals surface area contributed by atoms with E-state index in [1.807, 2.05) is 23.6 Å². The third-order valence-electron chi connectivity index (χ3n) is 4.37. The molecule has 2 aromatic rings. The Kier molecular flexibility index (Phi) is 6.11. The summed E-state index contributed by atoms with van der Waals surface area (Å²) in [5, 5.41) is 0.0363. The van der Waals surface area contributed by atoms with E-state index in [-0.39, 0.29) is 11.1 Å². The van der Waals surface area contributed by atoms with E-state index in [1.54, 1.807) is 24.7 Å². The molecule has 1 aromatic heterocycles. The Labute approximate surface area is 150 Å². The van der Waals surface area contributed by atoms with Crippen LogP contribution in [0.2, 0.25) is 0 Å². The fourth-order valence-electron chi connectivity index (χ4n) is 2.68. The lowest BCUT2D eigenvalue weighted by atomic mass is 10.2. The van der Waals surface area contributed by atoms with E-state index in [2.05, 4.69) is 42.3 Å². The minimum absolute atomic E-state index is 0.0363. The third kappa shape index (κ3) is 4.54. The van der Waals surface area contributed by atoms with E-state index in [1.165, 1.54) is 0 Å². The molecule has 1 unspecified atom stereocenters. The summed E-state index contributed by atoms with van der Waals surface area (Å²) in [7, 11) is -3.68. The highest BCUT2D eigenvalue weighted by atomic mass is 32.2. The normalized spacial score (nSPS) is 13.0. The number of sulfonamides is 1. The number of nitrogens with zero attached hydrogens (tertiary/aromatic N) is 3. The molecule has 2 rings (SSSR count). The van der Waals surface area contributed by atoms with Crippen LogP contribution in [0, 0.1) is 0 Å². The van der Waals surface area contributed by atoms with Crippen molar-refractivity contribution in [3.8, 4) is 0 Å². The van der Waals surface area contributed by atoms with Gasteiger partial charge in [0.15, 0.2) is 5.03 Å². The summed E-state index contributed by atoms with van der Waals surface area (Å²) in [6.07, 6.45) is 4.05. The van der Waals surface area contributed by atoms with Crippen molar-refractivity contribution >= 4 is 21.4 Å². The Morgan fingerprint density at radius 3 is 2.32 bits per heavy atom. The smallest absolute Gasteiger partial charge is 0.280 e. The number of hydrogen-bond acceptors (Lipinski definition) is 4. The predicted molar refractivity (Wildman–Crippen MR) is 103 cm³/mol. The lowest BCUT2D eigenvalue weighted by Gasteiger charge is -2.27. The quantitative estimate of drug-likeness (QED) is 0.772. The Balaban J connectivity index is 2.16. The van der Waals surface area contributed by atoms with E-state index in [9.17, 15) is 8.42 Å². The van der Waals surface area contributed by atoms with Crippen LogP contribution in [0.1, 0.15) is 47.1 Å². The molecule has 0 bridgehead atoms. The number of benzene rings is 1. The molecule has 0 radical (unpaired) electrons. The predicted octanol–water partition coefficient (Wildman–Crippen LogP) is 3.89. The number of anilines is 2.